The summed E-state index contributed by atoms with van der Waals surface area (Å²) in [6, 6.07) is 11.5. The molecule has 1 heterocycles. The highest BCUT2D eigenvalue weighted by atomic mass is 35.5. The van der Waals surface area contributed by atoms with Gasteiger partial charge in [-0.1, -0.05) is 48.3 Å². The van der Waals surface area contributed by atoms with Crippen LogP contribution in [0.1, 0.15) is 31.0 Å². The number of likely N-dealkylation sites (N-methyl/N-ethyl adjacent to an activating group) is 1. The van der Waals surface area contributed by atoms with Crippen molar-refractivity contribution < 1.29 is 19.1 Å². The summed E-state index contributed by atoms with van der Waals surface area (Å²) in [7, 11) is 1.58. The van der Waals surface area contributed by atoms with Crippen LogP contribution in [0.5, 0.6) is 5.75 Å². The molecule has 1 aliphatic heterocycles. The SMILES string of the molecule is CCOC(=O)C1=C(COc2cccc(CC)c2)N(C)C(=O)N[C@@H]1c1ccc(Cl)c(Cl)c1. The predicted molar refractivity (Wildman–Crippen MR) is 120 cm³/mol. The van der Waals surface area contributed by atoms with Gasteiger partial charge in [0, 0.05) is 7.05 Å². The van der Waals surface area contributed by atoms with Crippen LogP contribution in [-0.2, 0) is 16.0 Å². The maximum absolute atomic E-state index is 12.9. The Balaban J connectivity index is 2.03. The minimum absolute atomic E-state index is 0.0169. The van der Waals surface area contributed by atoms with E-state index in [9.17, 15) is 9.59 Å². The summed E-state index contributed by atoms with van der Waals surface area (Å²) in [5, 5.41) is 3.54. The molecule has 0 saturated carbocycles. The van der Waals surface area contributed by atoms with Crippen molar-refractivity contribution in [1.29, 1.82) is 0 Å². The lowest BCUT2D eigenvalue weighted by Gasteiger charge is -2.34. The van der Waals surface area contributed by atoms with Crippen molar-refractivity contribution >= 4 is 35.2 Å². The van der Waals surface area contributed by atoms with Gasteiger partial charge >= 0.3 is 12.0 Å². The van der Waals surface area contributed by atoms with E-state index in [-0.39, 0.29) is 24.8 Å². The van der Waals surface area contributed by atoms with E-state index < -0.39 is 12.0 Å². The normalized spacial score (nSPS) is 16.2. The zero-order valence-corrected chi connectivity index (χ0v) is 19.1. The highest BCUT2D eigenvalue weighted by molar-refractivity contribution is 6.42. The van der Waals surface area contributed by atoms with Crippen LogP contribution in [0, 0.1) is 0 Å². The molecule has 0 radical (unpaired) electrons. The molecule has 1 aliphatic rings. The second-order valence-electron chi connectivity index (χ2n) is 6.99. The Hall–Kier alpha value is -2.70. The van der Waals surface area contributed by atoms with Crippen molar-refractivity contribution in [1.82, 2.24) is 10.2 Å². The third kappa shape index (κ3) is 5.14. The highest BCUT2D eigenvalue weighted by Crippen LogP contribution is 2.34. The molecule has 164 valence electrons. The number of ether oxygens (including phenoxy) is 2. The first-order valence-corrected chi connectivity index (χ1v) is 10.7. The molecular formula is C23H24Cl2N2O4. The Morgan fingerprint density at radius 3 is 2.58 bits per heavy atom. The molecule has 31 heavy (non-hydrogen) atoms. The lowest BCUT2D eigenvalue weighted by Crippen LogP contribution is -2.48. The molecule has 0 unspecified atom stereocenters. The van der Waals surface area contributed by atoms with E-state index in [2.05, 4.69) is 12.2 Å². The third-order valence-electron chi connectivity index (χ3n) is 5.03. The topological polar surface area (TPSA) is 67.9 Å². The minimum atomic E-state index is -0.752. The number of amides is 2. The lowest BCUT2D eigenvalue weighted by atomic mass is 9.94. The lowest BCUT2D eigenvalue weighted by molar-refractivity contribution is -0.139. The fraction of sp³-hybridized carbons (Fsp3) is 0.304. The molecule has 0 fully saturated rings. The standard InChI is InChI=1S/C23H24Cl2N2O4/c1-4-14-7-6-8-16(11-14)31-13-19-20(22(28)30-5-2)21(26-23(29)27(19)3)15-9-10-17(24)18(25)12-15/h6-12,21H,4-5,13H2,1-3H3,(H,26,29)/t21-/m1/s1. The number of hydrogen-bond acceptors (Lipinski definition) is 4. The molecule has 2 amide bonds. The van der Waals surface area contributed by atoms with Crippen molar-refractivity contribution in [3.8, 4) is 5.75 Å². The Bertz CT molecular complexity index is 1020. The smallest absolute Gasteiger partial charge is 0.338 e. The number of hydrogen-bond donors (Lipinski definition) is 1. The van der Waals surface area contributed by atoms with Crippen LogP contribution in [0.3, 0.4) is 0 Å². The van der Waals surface area contributed by atoms with Crippen LogP contribution in [0.2, 0.25) is 10.0 Å². The first kappa shape index (κ1) is 23.0. The second kappa shape index (κ2) is 10.1. The van der Waals surface area contributed by atoms with Crippen LogP contribution in [-0.4, -0.2) is 37.2 Å². The first-order valence-electron chi connectivity index (χ1n) is 9.96. The van der Waals surface area contributed by atoms with Crippen LogP contribution < -0.4 is 10.1 Å². The Labute approximate surface area is 191 Å². The van der Waals surface area contributed by atoms with Gasteiger partial charge in [0.2, 0.25) is 0 Å². The number of nitrogens with one attached hydrogen (secondary N) is 1. The van der Waals surface area contributed by atoms with E-state index in [1.54, 1.807) is 32.2 Å². The number of rotatable bonds is 7. The van der Waals surface area contributed by atoms with Crippen molar-refractivity contribution in [3.63, 3.8) is 0 Å². The Morgan fingerprint density at radius 1 is 1.13 bits per heavy atom. The maximum atomic E-state index is 12.9. The number of halogens is 2. The minimum Gasteiger partial charge on any atom is -0.487 e. The van der Waals surface area contributed by atoms with E-state index in [4.69, 9.17) is 32.7 Å². The van der Waals surface area contributed by atoms with Crippen LogP contribution >= 0.6 is 23.2 Å². The average molecular weight is 463 g/mol. The van der Waals surface area contributed by atoms with Crippen molar-refractivity contribution in [2.75, 3.05) is 20.3 Å². The van der Waals surface area contributed by atoms with Gasteiger partial charge in [0.25, 0.3) is 0 Å². The molecular weight excluding hydrogens is 439 g/mol. The number of nitrogens with zero attached hydrogens (tertiary/aromatic N) is 1. The van der Waals surface area contributed by atoms with Gasteiger partial charge < -0.3 is 14.8 Å². The maximum Gasteiger partial charge on any atom is 0.338 e. The summed E-state index contributed by atoms with van der Waals surface area (Å²) in [5.74, 6) is 0.117. The van der Waals surface area contributed by atoms with Gasteiger partial charge in [-0.15, -0.1) is 0 Å². The molecule has 0 aromatic heterocycles. The number of carbonyl (C=O) groups excluding carboxylic acids is 2. The van der Waals surface area contributed by atoms with Crippen LogP contribution in [0.25, 0.3) is 0 Å². The van der Waals surface area contributed by atoms with Gasteiger partial charge in [-0.2, -0.15) is 0 Å². The fourth-order valence-electron chi connectivity index (χ4n) is 3.33. The number of benzene rings is 2. The van der Waals surface area contributed by atoms with Gasteiger partial charge in [0.05, 0.1) is 34.0 Å². The number of esters is 1. The molecule has 0 spiro atoms. The summed E-state index contributed by atoms with van der Waals surface area (Å²) in [5.41, 5.74) is 2.44. The molecule has 6 nitrogen and oxygen atoms in total. The summed E-state index contributed by atoms with van der Waals surface area (Å²) in [6.45, 7) is 4.00. The van der Waals surface area contributed by atoms with E-state index in [1.165, 1.54) is 4.90 Å². The molecule has 0 aliphatic carbocycles. The molecule has 8 heteroatoms. The van der Waals surface area contributed by atoms with Gasteiger partial charge in [0.15, 0.2) is 0 Å². The molecule has 2 aromatic rings. The van der Waals surface area contributed by atoms with Gasteiger partial charge in [0.1, 0.15) is 12.4 Å². The summed E-state index contributed by atoms with van der Waals surface area (Å²) in [4.78, 5) is 27.0. The van der Waals surface area contributed by atoms with E-state index in [0.717, 1.165) is 12.0 Å². The quantitative estimate of drug-likeness (QED) is 0.577. The Morgan fingerprint density at radius 2 is 1.90 bits per heavy atom. The predicted octanol–water partition coefficient (Wildman–Crippen LogP) is 5.15. The summed E-state index contributed by atoms with van der Waals surface area (Å²) >= 11 is 12.2. The van der Waals surface area contributed by atoms with E-state index in [0.29, 0.717) is 27.1 Å². The van der Waals surface area contributed by atoms with Crippen molar-refractivity contribution in [2.45, 2.75) is 26.3 Å². The third-order valence-corrected chi connectivity index (χ3v) is 5.77. The number of aryl methyl sites for hydroxylation is 1. The zero-order chi connectivity index (χ0) is 22.5. The molecule has 1 N–H and O–H groups in total. The number of urea groups is 1. The fourth-order valence-corrected chi connectivity index (χ4v) is 3.64. The van der Waals surface area contributed by atoms with E-state index >= 15 is 0 Å². The largest absolute Gasteiger partial charge is 0.487 e. The molecule has 1 atom stereocenters. The zero-order valence-electron chi connectivity index (χ0n) is 17.6. The summed E-state index contributed by atoms with van der Waals surface area (Å²) in [6.07, 6.45) is 0.871. The highest BCUT2D eigenvalue weighted by Gasteiger charge is 2.37. The van der Waals surface area contributed by atoms with Gasteiger partial charge in [-0.3, -0.25) is 4.90 Å². The number of carbonyl (C=O) groups is 2. The van der Waals surface area contributed by atoms with Crippen LogP contribution in [0.4, 0.5) is 4.79 Å². The first-order chi connectivity index (χ1) is 14.8. The second-order valence-corrected chi connectivity index (χ2v) is 7.80. The Kier molecular flexibility index (Phi) is 7.46. The van der Waals surface area contributed by atoms with E-state index in [1.807, 2.05) is 24.3 Å². The molecule has 3 rings (SSSR count). The average Bonchev–Trinajstić information content (AvgIpc) is 2.76. The summed E-state index contributed by atoms with van der Waals surface area (Å²) < 4.78 is 11.3. The van der Waals surface area contributed by atoms with Gasteiger partial charge in [-0.05, 0) is 48.7 Å². The van der Waals surface area contributed by atoms with Crippen molar-refractivity contribution in [2.24, 2.45) is 0 Å². The monoisotopic (exact) mass is 462 g/mol. The molecule has 2 aromatic carbocycles. The molecule has 0 bridgehead atoms. The molecule has 0 saturated heterocycles. The van der Waals surface area contributed by atoms with Crippen LogP contribution in [0.15, 0.2) is 53.7 Å². The van der Waals surface area contributed by atoms with Gasteiger partial charge in [-0.25, -0.2) is 9.59 Å². The van der Waals surface area contributed by atoms with Crippen molar-refractivity contribution in [3.05, 3.63) is 74.9 Å².